The molecule has 33 heavy (non-hydrogen) atoms. The Morgan fingerprint density at radius 3 is 2.00 bits per heavy atom. The van der Waals surface area contributed by atoms with Gasteiger partial charge in [-0.2, -0.15) is 0 Å². The number of ether oxygens (including phenoxy) is 2. The largest absolute Gasteiger partial charge is 0.573 e. The second-order valence-corrected chi connectivity index (χ2v) is 9.20. The van der Waals surface area contributed by atoms with Crippen LogP contribution >= 0.6 is 23.2 Å². The molecule has 2 aromatic carbocycles. The summed E-state index contributed by atoms with van der Waals surface area (Å²) in [5.74, 6) is -1.37. The van der Waals surface area contributed by atoms with Gasteiger partial charge in [0.25, 0.3) is 6.43 Å². The van der Waals surface area contributed by atoms with Crippen LogP contribution in [-0.2, 0) is 9.31 Å². The van der Waals surface area contributed by atoms with Gasteiger partial charge in [-0.15, -0.1) is 13.2 Å². The fourth-order valence-corrected chi connectivity index (χ4v) is 3.35. The Hall–Kier alpha value is -1.75. The van der Waals surface area contributed by atoms with Crippen molar-refractivity contribution >= 4 is 35.8 Å². The van der Waals surface area contributed by atoms with Crippen molar-refractivity contribution in [1.82, 2.24) is 0 Å². The summed E-state index contributed by atoms with van der Waals surface area (Å²) in [7, 11) is -0.999. The van der Waals surface area contributed by atoms with E-state index in [2.05, 4.69) is 4.74 Å². The SMILES string of the molecule is CC1(C)OB(c2ccc(OC(c3ccc(Cl)c(Cl)c3)C(F)F)c(OC(F)(F)F)c2)OC1(C)C. The molecule has 0 amide bonds. The van der Waals surface area contributed by atoms with Crippen molar-refractivity contribution in [3.8, 4) is 11.5 Å². The lowest BCUT2D eigenvalue weighted by molar-refractivity contribution is -0.275. The average molecular weight is 513 g/mol. The van der Waals surface area contributed by atoms with Crippen LogP contribution in [0.2, 0.25) is 10.0 Å². The summed E-state index contributed by atoms with van der Waals surface area (Å²) in [5, 5.41) is 0.118. The van der Waals surface area contributed by atoms with Gasteiger partial charge in [-0.3, -0.25) is 0 Å². The predicted molar refractivity (Wildman–Crippen MR) is 115 cm³/mol. The Balaban J connectivity index is 1.97. The maximum Gasteiger partial charge on any atom is 0.573 e. The van der Waals surface area contributed by atoms with Gasteiger partial charge in [-0.05, 0) is 63.0 Å². The summed E-state index contributed by atoms with van der Waals surface area (Å²) >= 11 is 11.7. The van der Waals surface area contributed by atoms with Gasteiger partial charge in [0.1, 0.15) is 0 Å². The monoisotopic (exact) mass is 512 g/mol. The number of rotatable bonds is 6. The number of benzene rings is 2. The molecule has 180 valence electrons. The molecule has 1 fully saturated rings. The minimum absolute atomic E-state index is 0.00806. The van der Waals surface area contributed by atoms with Crippen LogP contribution in [0.15, 0.2) is 36.4 Å². The molecule has 0 aliphatic carbocycles. The Bertz CT molecular complexity index is 1000. The minimum Gasteiger partial charge on any atom is -0.476 e. The van der Waals surface area contributed by atoms with Gasteiger partial charge in [-0.1, -0.05) is 35.3 Å². The normalized spacial score (nSPS) is 18.5. The van der Waals surface area contributed by atoms with E-state index in [0.717, 1.165) is 18.2 Å². The summed E-state index contributed by atoms with van der Waals surface area (Å²) in [6.07, 6.45) is -10.1. The second kappa shape index (κ2) is 9.13. The molecule has 12 heteroatoms. The maximum absolute atomic E-state index is 13.8. The van der Waals surface area contributed by atoms with Gasteiger partial charge < -0.3 is 18.8 Å². The Morgan fingerprint density at radius 1 is 0.879 bits per heavy atom. The second-order valence-electron chi connectivity index (χ2n) is 8.39. The van der Waals surface area contributed by atoms with Crippen LogP contribution in [0.25, 0.3) is 0 Å². The molecule has 0 bridgehead atoms. The Morgan fingerprint density at radius 2 is 1.48 bits per heavy atom. The van der Waals surface area contributed by atoms with Crippen molar-refractivity contribution in [3.63, 3.8) is 0 Å². The zero-order valence-electron chi connectivity index (χ0n) is 18.0. The van der Waals surface area contributed by atoms with Crippen LogP contribution in [0.5, 0.6) is 11.5 Å². The highest BCUT2D eigenvalue weighted by atomic mass is 35.5. The third-order valence-electron chi connectivity index (χ3n) is 5.47. The lowest BCUT2D eigenvalue weighted by atomic mass is 9.79. The molecule has 4 nitrogen and oxygen atoms in total. The first-order valence-corrected chi connectivity index (χ1v) is 10.5. The van der Waals surface area contributed by atoms with Crippen molar-refractivity contribution in [3.05, 3.63) is 52.0 Å². The molecule has 1 aliphatic heterocycles. The van der Waals surface area contributed by atoms with E-state index in [1.165, 1.54) is 18.2 Å². The predicted octanol–water partition coefficient (Wildman–Crippen LogP) is 6.58. The van der Waals surface area contributed by atoms with E-state index in [0.29, 0.717) is 0 Å². The van der Waals surface area contributed by atoms with Crippen LogP contribution in [0, 0.1) is 0 Å². The molecule has 0 saturated carbocycles. The van der Waals surface area contributed by atoms with Gasteiger partial charge in [0.15, 0.2) is 17.6 Å². The molecule has 2 aromatic rings. The maximum atomic E-state index is 13.8. The quantitative estimate of drug-likeness (QED) is 0.324. The fraction of sp³-hybridized carbons (Fsp3) is 0.429. The number of alkyl halides is 5. The van der Waals surface area contributed by atoms with E-state index in [1.54, 1.807) is 27.7 Å². The highest BCUT2D eigenvalue weighted by Gasteiger charge is 2.52. The van der Waals surface area contributed by atoms with Gasteiger partial charge in [-0.25, -0.2) is 8.78 Å². The number of hydrogen-bond donors (Lipinski definition) is 0. The molecule has 1 atom stereocenters. The first-order valence-electron chi connectivity index (χ1n) is 9.75. The summed E-state index contributed by atoms with van der Waals surface area (Å²) in [6, 6.07) is 7.12. The summed E-state index contributed by atoms with van der Waals surface area (Å²) < 4.78 is 87.8. The molecule has 0 N–H and O–H groups in total. The molecular formula is C21H20BCl2F5O4. The molecule has 1 saturated heterocycles. The van der Waals surface area contributed by atoms with Gasteiger partial charge >= 0.3 is 13.5 Å². The van der Waals surface area contributed by atoms with Crippen LogP contribution in [0.4, 0.5) is 22.0 Å². The highest BCUT2D eigenvalue weighted by Crippen LogP contribution is 2.40. The van der Waals surface area contributed by atoms with E-state index in [-0.39, 0.29) is 21.1 Å². The summed E-state index contributed by atoms with van der Waals surface area (Å²) in [4.78, 5) is 0. The summed E-state index contributed by atoms with van der Waals surface area (Å²) in [5.41, 5.74) is -1.37. The first-order chi connectivity index (χ1) is 15.1. The smallest absolute Gasteiger partial charge is 0.476 e. The molecule has 3 rings (SSSR count). The van der Waals surface area contributed by atoms with Crippen molar-refractivity contribution in [2.75, 3.05) is 0 Å². The van der Waals surface area contributed by atoms with Gasteiger partial charge in [0, 0.05) is 0 Å². The van der Waals surface area contributed by atoms with Gasteiger partial charge in [0.05, 0.1) is 21.2 Å². The molecule has 1 aliphatic rings. The van der Waals surface area contributed by atoms with Crippen LogP contribution in [0.3, 0.4) is 0 Å². The zero-order valence-corrected chi connectivity index (χ0v) is 19.5. The Kier molecular flexibility index (Phi) is 7.16. The molecular weight excluding hydrogens is 493 g/mol. The first kappa shape index (κ1) is 25.9. The molecule has 0 aromatic heterocycles. The number of hydrogen-bond acceptors (Lipinski definition) is 4. The van der Waals surface area contributed by atoms with Crippen molar-refractivity contribution < 1.29 is 40.7 Å². The minimum atomic E-state index is -5.10. The van der Waals surface area contributed by atoms with E-state index in [1.807, 2.05) is 0 Å². The van der Waals surface area contributed by atoms with Crippen LogP contribution < -0.4 is 14.9 Å². The van der Waals surface area contributed by atoms with E-state index >= 15 is 0 Å². The topological polar surface area (TPSA) is 36.9 Å². The van der Waals surface area contributed by atoms with Crippen LogP contribution in [-0.4, -0.2) is 31.1 Å². The van der Waals surface area contributed by atoms with Gasteiger partial charge in [0.2, 0.25) is 0 Å². The highest BCUT2D eigenvalue weighted by molar-refractivity contribution is 6.62. The van der Waals surface area contributed by atoms with E-state index < -0.39 is 48.7 Å². The van der Waals surface area contributed by atoms with E-state index in [9.17, 15) is 22.0 Å². The lowest BCUT2D eigenvalue weighted by Crippen LogP contribution is -2.41. The van der Waals surface area contributed by atoms with Crippen molar-refractivity contribution in [1.29, 1.82) is 0 Å². The number of halogens is 7. The molecule has 0 radical (unpaired) electrons. The summed E-state index contributed by atoms with van der Waals surface area (Å²) in [6.45, 7) is 7.12. The lowest BCUT2D eigenvalue weighted by Gasteiger charge is -2.32. The van der Waals surface area contributed by atoms with Crippen molar-refractivity contribution in [2.45, 2.75) is 57.8 Å². The Labute approximate surface area is 198 Å². The standard InChI is InChI=1S/C21H20BCl2F5O4/c1-19(2)20(3,4)33-22(32-19)12-6-8-15(16(10-12)31-21(27,28)29)30-17(18(25)26)11-5-7-13(23)14(24)9-11/h5-10,17-18H,1-4H3. The van der Waals surface area contributed by atoms with Crippen LogP contribution in [0.1, 0.15) is 39.4 Å². The molecule has 0 spiro atoms. The zero-order chi connectivity index (χ0) is 24.8. The molecule has 1 heterocycles. The third-order valence-corrected chi connectivity index (χ3v) is 6.21. The van der Waals surface area contributed by atoms with Crippen molar-refractivity contribution in [2.24, 2.45) is 0 Å². The fourth-order valence-electron chi connectivity index (χ4n) is 3.04. The van der Waals surface area contributed by atoms with E-state index in [4.69, 9.17) is 37.2 Å². The molecule has 1 unspecified atom stereocenters. The average Bonchev–Trinajstić information content (AvgIpc) is 2.89. The third kappa shape index (κ3) is 5.85.